The fraction of sp³-hybridized carbons (Fsp3) is 0.278. The maximum absolute atomic E-state index is 13.1. The van der Waals surface area contributed by atoms with E-state index in [0.717, 1.165) is 0 Å². The summed E-state index contributed by atoms with van der Waals surface area (Å²) in [6.45, 7) is 1.67. The van der Waals surface area contributed by atoms with Crippen LogP contribution in [0.4, 0.5) is 10.1 Å². The zero-order chi connectivity index (χ0) is 16.9. The SMILES string of the molecule is Cc1cc(F)ccc1NC(=O)COc1ccc(C2SCCS2)cc1. The van der Waals surface area contributed by atoms with Gasteiger partial charge in [-0.1, -0.05) is 12.1 Å². The molecule has 1 amide bonds. The molecule has 3 nitrogen and oxygen atoms in total. The number of ether oxygens (including phenoxy) is 1. The molecule has 0 bridgehead atoms. The van der Waals surface area contributed by atoms with E-state index < -0.39 is 0 Å². The Balaban J connectivity index is 1.52. The van der Waals surface area contributed by atoms with Crippen molar-refractivity contribution in [1.29, 1.82) is 0 Å². The van der Waals surface area contributed by atoms with Crippen molar-refractivity contribution in [3.05, 3.63) is 59.4 Å². The second kappa shape index (κ2) is 7.94. The van der Waals surface area contributed by atoms with Crippen molar-refractivity contribution in [2.24, 2.45) is 0 Å². The summed E-state index contributed by atoms with van der Waals surface area (Å²) in [6, 6.07) is 12.1. The Morgan fingerprint density at radius 1 is 1.21 bits per heavy atom. The lowest BCUT2D eigenvalue weighted by atomic mass is 10.2. The minimum Gasteiger partial charge on any atom is -0.484 e. The van der Waals surface area contributed by atoms with Gasteiger partial charge in [0.25, 0.3) is 5.91 Å². The van der Waals surface area contributed by atoms with E-state index in [4.69, 9.17) is 4.74 Å². The van der Waals surface area contributed by atoms with Gasteiger partial charge >= 0.3 is 0 Å². The summed E-state index contributed by atoms with van der Waals surface area (Å²) in [5.74, 6) is 2.46. The van der Waals surface area contributed by atoms with Gasteiger partial charge in [0.1, 0.15) is 11.6 Å². The Hall–Kier alpha value is -1.66. The molecule has 1 N–H and O–H groups in total. The summed E-state index contributed by atoms with van der Waals surface area (Å²) in [6.07, 6.45) is 0. The van der Waals surface area contributed by atoms with E-state index in [1.807, 2.05) is 47.8 Å². The fourth-order valence-electron chi connectivity index (χ4n) is 2.37. The molecule has 6 heteroatoms. The maximum atomic E-state index is 13.1. The Kier molecular flexibility index (Phi) is 5.68. The van der Waals surface area contributed by atoms with E-state index in [1.165, 1.54) is 29.2 Å². The molecule has 1 fully saturated rings. The van der Waals surface area contributed by atoms with Crippen LogP contribution in [-0.2, 0) is 4.79 Å². The molecule has 24 heavy (non-hydrogen) atoms. The third kappa shape index (κ3) is 4.45. The molecule has 1 aliphatic rings. The number of nitrogens with one attached hydrogen (secondary N) is 1. The molecule has 2 aromatic carbocycles. The summed E-state index contributed by atoms with van der Waals surface area (Å²) in [5.41, 5.74) is 2.55. The second-order valence-corrected chi connectivity index (χ2v) is 8.16. The van der Waals surface area contributed by atoms with Gasteiger partial charge in [-0.15, -0.1) is 23.5 Å². The van der Waals surface area contributed by atoms with Crippen molar-refractivity contribution in [3.8, 4) is 5.75 Å². The normalized spacial score (nSPS) is 14.6. The Bertz CT molecular complexity index is 715. The van der Waals surface area contributed by atoms with Crippen LogP contribution in [-0.4, -0.2) is 24.0 Å². The molecule has 0 atom stereocenters. The van der Waals surface area contributed by atoms with Crippen molar-refractivity contribution in [2.45, 2.75) is 11.5 Å². The molecular formula is C18H18FNO2S2. The van der Waals surface area contributed by atoms with Gasteiger partial charge < -0.3 is 10.1 Å². The molecule has 0 unspecified atom stereocenters. The lowest BCUT2D eigenvalue weighted by Gasteiger charge is -2.11. The largest absolute Gasteiger partial charge is 0.484 e. The summed E-state index contributed by atoms with van der Waals surface area (Å²) >= 11 is 3.91. The smallest absolute Gasteiger partial charge is 0.262 e. The van der Waals surface area contributed by atoms with Gasteiger partial charge in [0.15, 0.2) is 6.61 Å². The third-order valence-electron chi connectivity index (χ3n) is 3.61. The van der Waals surface area contributed by atoms with Gasteiger partial charge in [-0.25, -0.2) is 4.39 Å². The summed E-state index contributed by atoms with van der Waals surface area (Å²) in [5, 5.41) is 2.73. The van der Waals surface area contributed by atoms with Gasteiger partial charge in [0, 0.05) is 17.2 Å². The highest BCUT2D eigenvalue weighted by atomic mass is 32.2. The van der Waals surface area contributed by atoms with Crippen LogP contribution in [0.15, 0.2) is 42.5 Å². The van der Waals surface area contributed by atoms with E-state index in [1.54, 1.807) is 13.0 Å². The van der Waals surface area contributed by atoms with Gasteiger partial charge in [-0.05, 0) is 48.4 Å². The minimum atomic E-state index is -0.319. The van der Waals surface area contributed by atoms with Crippen LogP contribution in [0.5, 0.6) is 5.75 Å². The van der Waals surface area contributed by atoms with E-state index in [2.05, 4.69) is 5.32 Å². The van der Waals surface area contributed by atoms with Crippen LogP contribution in [0.25, 0.3) is 0 Å². The molecule has 0 aliphatic carbocycles. The molecule has 0 radical (unpaired) electrons. The van der Waals surface area contributed by atoms with Gasteiger partial charge in [-0.2, -0.15) is 0 Å². The molecule has 0 aromatic heterocycles. The summed E-state index contributed by atoms with van der Waals surface area (Å²) in [4.78, 5) is 12.0. The number of carbonyl (C=O) groups is 1. The molecule has 0 saturated carbocycles. The number of benzene rings is 2. The van der Waals surface area contributed by atoms with Crippen LogP contribution in [0.2, 0.25) is 0 Å². The zero-order valence-electron chi connectivity index (χ0n) is 13.3. The number of amides is 1. The van der Waals surface area contributed by atoms with Crippen molar-refractivity contribution < 1.29 is 13.9 Å². The van der Waals surface area contributed by atoms with E-state index in [9.17, 15) is 9.18 Å². The van der Waals surface area contributed by atoms with Crippen LogP contribution in [0.3, 0.4) is 0 Å². The number of halogens is 1. The van der Waals surface area contributed by atoms with Gasteiger partial charge in [0.2, 0.25) is 0 Å². The van der Waals surface area contributed by atoms with Crippen molar-refractivity contribution >= 4 is 35.1 Å². The predicted molar refractivity (Wildman–Crippen MR) is 99.4 cm³/mol. The average Bonchev–Trinajstić information content (AvgIpc) is 3.11. The molecule has 2 aromatic rings. The Morgan fingerprint density at radius 2 is 1.92 bits per heavy atom. The quantitative estimate of drug-likeness (QED) is 0.840. The first kappa shape index (κ1) is 17.2. The molecule has 1 aliphatic heterocycles. The molecule has 0 spiro atoms. The number of thioether (sulfide) groups is 2. The molecule has 3 rings (SSSR count). The second-order valence-electron chi connectivity index (χ2n) is 5.44. The van der Waals surface area contributed by atoms with E-state index in [0.29, 0.717) is 21.6 Å². The Labute approximate surface area is 149 Å². The van der Waals surface area contributed by atoms with Crippen molar-refractivity contribution in [1.82, 2.24) is 0 Å². The Morgan fingerprint density at radius 3 is 2.58 bits per heavy atom. The molecule has 126 valence electrons. The maximum Gasteiger partial charge on any atom is 0.262 e. The number of carbonyl (C=O) groups excluding carboxylic acids is 1. The summed E-state index contributed by atoms with van der Waals surface area (Å²) in [7, 11) is 0. The topological polar surface area (TPSA) is 38.3 Å². The molecular weight excluding hydrogens is 345 g/mol. The lowest BCUT2D eigenvalue weighted by molar-refractivity contribution is -0.118. The highest BCUT2D eigenvalue weighted by Crippen LogP contribution is 2.45. The van der Waals surface area contributed by atoms with Crippen LogP contribution in [0.1, 0.15) is 15.7 Å². The van der Waals surface area contributed by atoms with E-state index >= 15 is 0 Å². The average molecular weight is 363 g/mol. The molecule has 1 heterocycles. The first-order valence-corrected chi connectivity index (χ1v) is 9.73. The minimum absolute atomic E-state index is 0.0803. The number of rotatable bonds is 5. The standard InChI is InChI=1S/C18H18FNO2S2/c1-12-10-14(19)4-7-16(12)20-17(21)11-22-15-5-2-13(3-6-15)18-23-8-9-24-18/h2-7,10,18H,8-9,11H2,1H3,(H,20,21). The van der Waals surface area contributed by atoms with Crippen LogP contribution in [0, 0.1) is 12.7 Å². The third-order valence-corrected chi connectivity index (χ3v) is 6.71. The predicted octanol–water partition coefficient (Wildman–Crippen LogP) is 4.63. The zero-order valence-corrected chi connectivity index (χ0v) is 14.9. The van der Waals surface area contributed by atoms with Crippen molar-refractivity contribution in [2.75, 3.05) is 23.4 Å². The van der Waals surface area contributed by atoms with Crippen molar-refractivity contribution in [3.63, 3.8) is 0 Å². The van der Waals surface area contributed by atoms with Crippen LogP contribution >= 0.6 is 23.5 Å². The monoisotopic (exact) mass is 363 g/mol. The highest BCUT2D eigenvalue weighted by Gasteiger charge is 2.18. The first-order valence-electron chi connectivity index (χ1n) is 7.64. The van der Waals surface area contributed by atoms with Gasteiger partial charge in [0.05, 0.1) is 4.58 Å². The lowest BCUT2D eigenvalue weighted by Crippen LogP contribution is -2.20. The number of anilines is 1. The summed E-state index contributed by atoms with van der Waals surface area (Å²) < 4.78 is 19.1. The van der Waals surface area contributed by atoms with Gasteiger partial charge in [-0.3, -0.25) is 4.79 Å². The number of hydrogen-bond acceptors (Lipinski definition) is 4. The highest BCUT2D eigenvalue weighted by molar-refractivity contribution is 8.19. The first-order chi connectivity index (χ1) is 11.6. The number of aryl methyl sites for hydroxylation is 1. The fourth-order valence-corrected chi connectivity index (χ4v) is 5.23. The van der Waals surface area contributed by atoms with Crippen LogP contribution < -0.4 is 10.1 Å². The molecule has 1 saturated heterocycles. The number of hydrogen-bond donors (Lipinski definition) is 1. The van der Waals surface area contributed by atoms with E-state index in [-0.39, 0.29) is 18.3 Å².